The van der Waals surface area contributed by atoms with Crippen LogP contribution in [0.2, 0.25) is 0 Å². The zero-order chi connectivity index (χ0) is 23.3. The maximum Gasteiger partial charge on any atom is 0.250 e. The highest BCUT2D eigenvalue weighted by Gasteiger charge is 2.70. The summed E-state index contributed by atoms with van der Waals surface area (Å²) in [4.78, 5) is 41.6. The van der Waals surface area contributed by atoms with E-state index in [1.54, 1.807) is 31.4 Å². The number of likely N-dealkylation sites (tertiary alicyclic amines) is 1. The van der Waals surface area contributed by atoms with Crippen molar-refractivity contribution in [1.29, 1.82) is 0 Å². The number of imide groups is 1. The molecular weight excluding hydrogens is 429 g/mol. The van der Waals surface area contributed by atoms with Crippen LogP contribution < -0.4 is 10.6 Å². The molecule has 2 fully saturated rings. The van der Waals surface area contributed by atoms with Crippen LogP contribution in [0.4, 0.5) is 10.1 Å². The Morgan fingerprint density at radius 1 is 1.12 bits per heavy atom. The van der Waals surface area contributed by atoms with E-state index in [1.807, 2.05) is 0 Å². The zero-order valence-electron chi connectivity index (χ0n) is 18.0. The maximum absolute atomic E-state index is 14.2. The number of rotatable bonds is 6. The number of ether oxygens (including phenoxy) is 1. The number of anilines is 1. The normalized spacial score (nSPS) is 27.9. The Morgan fingerprint density at radius 3 is 2.61 bits per heavy atom. The number of halogens is 1. The average molecular weight is 453 g/mol. The summed E-state index contributed by atoms with van der Waals surface area (Å²) in [7, 11) is 1.54. The second-order valence-corrected chi connectivity index (χ2v) is 8.75. The average Bonchev–Trinajstić information content (AvgIpc) is 3.36. The van der Waals surface area contributed by atoms with Crippen molar-refractivity contribution in [2.75, 3.05) is 25.6 Å². The van der Waals surface area contributed by atoms with Crippen LogP contribution in [-0.4, -0.2) is 54.0 Å². The molecule has 0 radical (unpaired) electrons. The number of carbonyl (C=O) groups is 3. The number of aromatic hydroxyl groups is 1. The molecule has 3 amide bonds. The Balaban J connectivity index is 1.58. The molecule has 0 saturated carbocycles. The van der Waals surface area contributed by atoms with Gasteiger partial charge in [-0.2, -0.15) is 0 Å². The van der Waals surface area contributed by atoms with Crippen molar-refractivity contribution in [3.05, 3.63) is 59.4 Å². The molecule has 1 spiro atoms. The first-order valence-corrected chi connectivity index (χ1v) is 10.9. The van der Waals surface area contributed by atoms with E-state index in [0.717, 1.165) is 5.56 Å². The van der Waals surface area contributed by atoms with Crippen molar-refractivity contribution in [3.8, 4) is 5.75 Å². The molecule has 9 heteroatoms. The molecule has 0 unspecified atom stereocenters. The number of nitrogens with one attached hydrogen (secondary N) is 2. The second kappa shape index (κ2) is 7.93. The minimum Gasteiger partial charge on any atom is -0.508 e. The fourth-order valence-corrected chi connectivity index (χ4v) is 5.48. The van der Waals surface area contributed by atoms with Crippen molar-refractivity contribution in [2.45, 2.75) is 24.4 Å². The molecule has 4 atom stereocenters. The Morgan fingerprint density at radius 2 is 1.88 bits per heavy atom. The molecule has 33 heavy (non-hydrogen) atoms. The molecular formula is C24H24FN3O5. The third-order valence-corrected chi connectivity index (χ3v) is 6.89. The molecule has 3 aliphatic heterocycles. The van der Waals surface area contributed by atoms with Gasteiger partial charge in [0.25, 0.3) is 0 Å². The lowest BCUT2D eigenvalue weighted by Crippen LogP contribution is -2.53. The third kappa shape index (κ3) is 3.22. The highest BCUT2D eigenvalue weighted by Crippen LogP contribution is 2.53. The first-order chi connectivity index (χ1) is 15.9. The largest absolute Gasteiger partial charge is 0.508 e. The van der Waals surface area contributed by atoms with Crippen LogP contribution in [0.3, 0.4) is 0 Å². The van der Waals surface area contributed by atoms with Crippen molar-refractivity contribution in [3.63, 3.8) is 0 Å². The van der Waals surface area contributed by atoms with Gasteiger partial charge in [-0.05, 0) is 48.7 Å². The highest BCUT2D eigenvalue weighted by molar-refractivity contribution is 6.15. The van der Waals surface area contributed by atoms with Crippen LogP contribution in [0, 0.1) is 17.7 Å². The van der Waals surface area contributed by atoms with E-state index in [1.165, 1.54) is 23.1 Å². The number of phenolic OH excluding ortho intramolecular Hbond substituents is 1. The lowest BCUT2D eigenvalue weighted by molar-refractivity contribution is -0.143. The summed E-state index contributed by atoms with van der Waals surface area (Å²) in [6.07, 6.45) is 0.833. The number of carbonyl (C=O) groups excluding carboxylic acids is 3. The number of hydrogen-bond acceptors (Lipinski definition) is 6. The first kappa shape index (κ1) is 21.5. The van der Waals surface area contributed by atoms with E-state index in [4.69, 9.17) is 4.74 Å². The smallest absolute Gasteiger partial charge is 0.250 e. The van der Waals surface area contributed by atoms with Crippen molar-refractivity contribution in [2.24, 2.45) is 11.8 Å². The van der Waals surface area contributed by atoms with E-state index in [-0.39, 0.29) is 18.2 Å². The Kier molecular flexibility index (Phi) is 5.18. The summed E-state index contributed by atoms with van der Waals surface area (Å²) in [5.74, 6) is -3.43. The van der Waals surface area contributed by atoms with Gasteiger partial charge < -0.3 is 15.2 Å². The second-order valence-electron chi connectivity index (χ2n) is 8.75. The molecule has 8 nitrogen and oxygen atoms in total. The molecule has 172 valence electrons. The maximum atomic E-state index is 14.2. The standard InChI is InChI=1S/C24H24FN3O5/c1-33-10-2-9-28-21(30)19-18(11-13-3-6-15(29)7-4-13)27-24(20(19)22(28)31)16-12-14(25)5-8-17(16)26-23(24)32/h3-8,12,18-20,27,29H,2,9-11H2,1H3,(H,26,32)/t18-,19+,20-,24-/m0/s1. The van der Waals surface area contributed by atoms with Crippen LogP contribution in [0.5, 0.6) is 5.75 Å². The predicted octanol–water partition coefficient (Wildman–Crippen LogP) is 1.53. The number of benzene rings is 2. The SMILES string of the molecule is COCCCN1C(=O)[C@@H]2[C@H](Cc3ccc(O)cc3)N[C@]3(C(=O)Nc4ccc(F)cc43)[C@@H]2C1=O. The van der Waals surface area contributed by atoms with E-state index < -0.39 is 41.0 Å². The van der Waals surface area contributed by atoms with Crippen LogP contribution in [0.1, 0.15) is 17.5 Å². The lowest BCUT2D eigenvalue weighted by Gasteiger charge is -2.29. The van der Waals surface area contributed by atoms with Gasteiger partial charge in [-0.3, -0.25) is 24.6 Å². The van der Waals surface area contributed by atoms with E-state index in [9.17, 15) is 23.9 Å². The number of phenols is 1. The number of fused-ring (bicyclic) bond motifs is 4. The predicted molar refractivity (Wildman–Crippen MR) is 116 cm³/mol. The molecule has 0 aromatic heterocycles. The minimum atomic E-state index is -1.54. The van der Waals surface area contributed by atoms with Crippen molar-refractivity contribution in [1.82, 2.24) is 10.2 Å². The fourth-order valence-electron chi connectivity index (χ4n) is 5.48. The molecule has 2 aromatic carbocycles. The summed E-state index contributed by atoms with van der Waals surface area (Å²) >= 11 is 0. The third-order valence-electron chi connectivity index (χ3n) is 6.89. The summed E-state index contributed by atoms with van der Waals surface area (Å²) in [5.41, 5.74) is 0.0653. The number of methoxy groups -OCH3 is 1. The summed E-state index contributed by atoms with van der Waals surface area (Å²) in [5, 5.41) is 15.6. The minimum absolute atomic E-state index is 0.114. The Hall–Kier alpha value is -3.30. The molecule has 2 saturated heterocycles. The number of hydrogen-bond donors (Lipinski definition) is 3. The Labute approximate surface area is 189 Å². The zero-order valence-corrected chi connectivity index (χ0v) is 18.0. The molecule has 5 rings (SSSR count). The fraction of sp³-hybridized carbons (Fsp3) is 0.375. The summed E-state index contributed by atoms with van der Waals surface area (Å²) in [6.45, 7) is 0.583. The van der Waals surface area contributed by atoms with Gasteiger partial charge in [-0.1, -0.05) is 12.1 Å². The summed E-state index contributed by atoms with van der Waals surface area (Å²) < 4.78 is 19.3. The molecule has 2 aromatic rings. The highest BCUT2D eigenvalue weighted by atomic mass is 19.1. The van der Waals surface area contributed by atoms with Crippen LogP contribution >= 0.6 is 0 Å². The quantitative estimate of drug-likeness (QED) is 0.452. The van der Waals surface area contributed by atoms with Gasteiger partial charge in [0.2, 0.25) is 17.7 Å². The number of amides is 3. The van der Waals surface area contributed by atoms with Gasteiger partial charge in [0.05, 0.1) is 11.8 Å². The van der Waals surface area contributed by atoms with Crippen LogP contribution in [-0.2, 0) is 31.1 Å². The van der Waals surface area contributed by atoms with Crippen LogP contribution in [0.25, 0.3) is 0 Å². The van der Waals surface area contributed by atoms with E-state index >= 15 is 0 Å². The van der Waals surface area contributed by atoms with Gasteiger partial charge in [0.15, 0.2) is 0 Å². The van der Waals surface area contributed by atoms with Crippen molar-refractivity contribution >= 4 is 23.4 Å². The topological polar surface area (TPSA) is 108 Å². The Bertz CT molecular complexity index is 1140. The lowest BCUT2D eigenvalue weighted by atomic mass is 9.76. The van der Waals surface area contributed by atoms with Crippen LogP contribution in [0.15, 0.2) is 42.5 Å². The van der Waals surface area contributed by atoms with Gasteiger partial charge in [0, 0.05) is 37.6 Å². The van der Waals surface area contributed by atoms with Gasteiger partial charge in [-0.15, -0.1) is 0 Å². The molecule has 3 heterocycles. The molecule has 3 aliphatic rings. The van der Waals surface area contributed by atoms with Gasteiger partial charge in [0.1, 0.15) is 17.1 Å². The van der Waals surface area contributed by atoms with Gasteiger partial charge >= 0.3 is 0 Å². The monoisotopic (exact) mass is 453 g/mol. The summed E-state index contributed by atoms with van der Waals surface area (Å²) in [6, 6.07) is 9.99. The molecule has 0 aliphatic carbocycles. The first-order valence-electron chi connectivity index (χ1n) is 10.9. The van der Waals surface area contributed by atoms with Gasteiger partial charge in [-0.25, -0.2) is 4.39 Å². The molecule has 0 bridgehead atoms. The number of nitrogens with zero attached hydrogens (tertiary/aromatic N) is 1. The van der Waals surface area contributed by atoms with Crippen molar-refractivity contribution < 1.29 is 28.6 Å². The van der Waals surface area contributed by atoms with E-state index in [0.29, 0.717) is 30.7 Å². The molecule has 3 N–H and O–H groups in total. The van der Waals surface area contributed by atoms with E-state index in [2.05, 4.69) is 10.6 Å².